The zero-order valence-corrected chi connectivity index (χ0v) is 20.7. The molecule has 3 aromatic rings. The largest absolute Gasteiger partial charge is 0.493 e. The predicted molar refractivity (Wildman–Crippen MR) is 135 cm³/mol. The molecule has 2 heterocycles. The molecule has 0 aliphatic carbocycles. The highest BCUT2D eigenvalue weighted by molar-refractivity contribution is 6.42. The summed E-state index contributed by atoms with van der Waals surface area (Å²) in [5.41, 5.74) is 7.07. The number of benzene rings is 2. The number of piperidine rings is 1. The van der Waals surface area contributed by atoms with Crippen molar-refractivity contribution >= 4 is 29.1 Å². The van der Waals surface area contributed by atoms with Gasteiger partial charge in [-0.15, -0.1) is 0 Å². The minimum Gasteiger partial charge on any atom is -0.493 e. The van der Waals surface area contributed by atoms with Crippen molar-refractivity contribution in [2.45, 2.75) is 25.1 Å². The van der Waals surface area contributed by atoms with Gasteiger partial charge in [-0.05, 0) is 49.2 Å². The van der Waals surface area contributed by atoms with Gasteiger partial charge in [-0.1, -0.05) is 29.8 Å². The van der Waals surface area contributed by atoms with Crippen LogP contribution in [0.2, 0.25) is 10.0 Å². The van der Waals surface area contributed by atoms with Crippen LogP contribution in [0.3, 0.4) is 0 Å². The quantitative estimate of drug-likeness (QED) is 0.412. The summed E-state index contributed by atoms with van der Waals surface area (Å²) in [7, 11) is 1.52. The molecule has 4 rings (SSSR count). The Morgan fingerprint density at radius 1 is 1.26 bits per heavy atom. The van der Waals surface area contributed by atoms with Gasteiger partial charge in [0.15, 0.2) is 11.5 Å². The minimum atomic E-state index is -0.726. The molecular weight excluding hydrogens is 491 g/mol. The van der Waals surface area contributed by atoms with Crippen molar-refractivity contribution in [3.63, 3.8) is 0 Å². The molecule has 0 bridgehead atoms. The van der Waals surface area contributed by atoms with Crippen LogP contribution in [-0.2, 0) is 0 Å². The second-order valence-corrected chi connectivity index (χ2v) is 9.03. The lowest BCUT2D eigenvalue weighted by molar-refractivity contribution is 0.0121. The molecule has 0 saturated carbocycles. The van der Waals surface area contributed by atoms with Gasteiger partial charge >= 0.3 is 0 Å². The second kappa shape index (κ2) is 10.7. The van der Waals surface area contributed by atoms with E-state index in [0.717, 1.165) is 19.4 Å². The Morgan fingerprint density at radius 3 is 2.74 bits per heavy atom. The number of ether oxygens (including phenoxy) is 2. The van der Waals surface area contributed by atoms with Crippen molar-refractivity contribution < 1.29 is 19.4 Å². The molecule has 1 aromatic heterocycles. The van der Waals surface area contributed by atoms with Crippen LogP contribution < -0.4 is 15.2 Å². The number of methoxy groups -OCH3 is 1. The van der Waals surface area contributed by atoms with E-state index >= 15 is 0 Å². The second-order valence-electron chi connectivity index (χ2n) is 8.22. The summed E-state index contributed by atoms with van der Waals surface area (Å²) < 4.78 is 13.2. The average molecular weight is 517 g/mol. The molecule has 1 fully saturated rings. The maximum atomic E-state index is 12.3. The lowest BCUT2D eigenvalue weighted by Crippen LogP contribution is -2.42. The molecule has 1 aliphatic heterocycles. The molecule has 184 valence electrons. The summed E-state index contributed by atoms with van der Waals surface area (Å²) in [6.45, 7) is 5.00. The summed E-state index contributed by atoms with van der Waals surface area (Å²) in [5.74, 6) is 0.809. The van der Waals surface area contributed by atoms with Crippen molar-refractivity contribution in [3.05, 3.63) is 70.9 Å². The van der Waals surface area contributed by atoms with Crippen LogP contribution in [0, 0.1) is 0 Å². The van der Waals surface area contributed by atoms with Gasteiger partial charge in [0.25, 0.3) is 5.91 Å². The van der Waals surface area contributed by atoms with Gasteiger partial charge in [-0.2, -0.15) is 5.10 Å². The fourth-order valence-electron chi connectivity index (χ4n) is 4.13. The van der Waals surface area contributed by atoms with Gasteiger partial charge in [-0.25, -0.2) is 0 Å². The Kier molecular flexibility index (Phi) is 7.66. The zero-order chi connectivity index (χ0) is 25.1. The molecule has 10 heteroatoms. The van der Waals surface area contributed by atoms with Gasteiger partial charge in [0, 0.05) is 30.9 Å². The van der Waals surface area contributed by atoms with E-state index in [1.807, 2.05) is 4.90 Å². The summed E-state index contributed by atoms with van der Waals surface area (Å²) in [6.07, 6.45) is 4.18. The fraction of sp³-hybridized carbons (Fsp3) is 0.280. The third-order valence-electron chi connectivity index (χ3n) is 5.94. The Morgan fingerprint density at radius 2 is 2.06 bits per heavy atom. The van der Waals surface area contributed by atoms with Crippen LogP contribution in [0.15, 0.2) is 55.3 Å². The summed E-state index contributed by atoms with van der Waals surface area (Å²) >= 11 is 12.1. The fourth-order valence-corrected chi connectivity index (χ4v) is 4.42. The zero-order valence-electron chi connectivity index (χ0n) is 19.2. The molecule has 2 atom stereocenters. The highest BCUT2D eigenvalue weighted by Gasteiger charge is 2.27. The first kappa shape index (κ1) is 25.1. The number of hydrogen-bond acceptors (Lipinski definition) is 6. The number of halogens is 2. The molecule has 0 spiro atoms. The maximum absolute atomic E-state index is 12.3. The van der Waals surface area contributed by atoms with E-state index in [-0.39, 0.29) is 6.04 Å². The number of aromatic nitrogens is 2. The third kappa shape index (κ3) is 5.46. The number of hydrogen-bond donors (Lipinski definition) is 2. The first-order valence-electron chi connectivity index (χ1n) is 11.1. The van der Waals surface area contributed by atoms with Crippen molar-refractivity contribution in [2.24, 2.45) is 5.73 Å². The number of aliphatic hydroxyl groups excluding tert-OH is 1. The molecule has 1 amide bonds. The normalized spacial score (nSPS) is 17.1. The lowest BCUT2D eigenvalue weighted by atomic mass is 10.1. The number of nitrogens with zero attached hydrogens (tertiary/aromatic N) is 3. The van der Waals surface area contributed by atoms with E-state index in [4.69, 9.17) is 43.5 Å². The van der Waals surface area contributed by atoms with Crippen LogP contribution in [-0.4, -0.2) is 52.1 Å². The van der Waals surface area contributed by atoms with Crippen molar-refractivity contribution in [1.29, 1.82) is 0 Å². The van der Waals surface area contributed by atoms with Gasteiger partial charge in [0.05, 0.1) is 28.8 Å². The van der Waals surface area contributed by atoms with E-state index in [0.29, 0.717) is 50.7 Å². The third-order valence-corrected chi connectivity index (χ3v) is 6.68. The number of primary amides is 1. The number of rotatable bonds is 8. The number of nitrogens with two attached hydrogens (primary N) is 1. The molecule has 8 nitrogen and oxygen atoms in total. The first-order valence-corrected chi connectivity index (χ1v) is 11.8. The van der Waals surface area contributed by atoms with Crippen LogP contribution in [0.4, 0.5) is 0 Å². The average Bonchev–Trinajstić information content (AvgIpc) is 3.32. The molecule has 1 saturated heterocycles. The van der Waals surface area contributed by atoms with E-state index < -0.39 is 12.1 Å². The molecule has 1 unspecified atom stereocenters. The maximum Gasteiger partial charge on any atom is 0.252 e. The number of aliphatic hydroxyl groups is 1. The topological polar surface area (TPSA) is 103 Å². The number of carbonyl (C=O) groups excluding carboxylic acids is 1. The van der Waals surface area contributed by atoms with E-state index in [1.165, 1.54) is 13.2 Å². The van der Waals surface area contributed by atoms with Gasteiger partial charge < -0.3 is 20.3 Å². The number of likely N-dealkylation sites (tertiary alicyclic amines) is 1. The monoisotopic (exact) mass is 516 g/mol. The smallest absolute Gasteiger partial charge is 0.252 e. The minimum absolute atomic E-state index is 0.0237. The van der Waals surface area contributed by atoms with Gasteiger partial charge in [0.1, 0.15) is 17.7 Å². The summed E-state index contributed by atoms with van der Waals surface area (Å²) in [4.78, 5) is 14.2. The molecule has 35 heavy (non-hydrogen) atoms. The molecule has 2 aromatic carbocycles. The van der Waals surface area contributed by atoms with Gasteiger partial charge in [0.2, 0.25) is 0 Å². The van der Waals surface area contributed by atoms with Crippen LogP contribution in [0.5, 0.6) is 17.2 Å². The van der Waals surface area contributed by atoms with E-state index in [1.54, 1.807) is 47.3 Å². The highest BCUT2D eigenvalue weighted by Crippen LogP contribution is 2.38. The van der Waals surface area contributed by atoms with E-state index in [9.17, 15) is 9.90 Å². The van der Waals surface area contributed by atoms with Crippen molar-refractivity contribution in [2.75, 3.05) is 20.2 Å². The SMILES string of the molecule is C=CC(O)N1CCC[C@@H](n2cc(C(N)=O)c(-c3ccc(Oc4ccc(Cl)c(Cl)c4)c(OC)c3)n2)C1. The van der Waals surface area contributed by atoms with Crippen LogP contribution in [0.25, 0.3) is 11.3 Å². The first-order chi connectivity index (χ1) is 16.8. The highest BCUT2D eigenvalue weighted by atomic mass is 35.5. The molecule has 1 aliphatic rings. The standard InChI is InChI=1S/C25H26Cl2N4O4/c1-3-23(32)30-10-4-5-16(13-30)31-14-18(25(28)33)24(29-31)15-6-9-21(22(11-15)34-2)35-17-7-8-19(26)20(27)12-17/h3,6-9,11-12,14,16,23,32H,1,4-5,10,13H2,2H3,(H2,28,33)/t16-,23?/m1/s1. The van der Waals surface area contributed by atoms with E-state index in [2.05, 4.69) is 6.58 Å². The van der Waals surface area contributed by atoms with Crippen LogP contribution >= 0.6 is 23.2 Å². The Balaban J connectivity index is 1.64. The Labute approximate surface area is 213 Å². The number of carbonyl (C=O) groups is 1. The molecule has 3 N–H and O–H groups in total. The predicted octanol–water partition coefficient (Wildman–Crippen LogP) is 4.90. The van der Waals surface area contributed by atoms with Crippen molar-refractivity contribution in [1.82, 2.24) is 14.7 Å². The van der Waals surface area contributed by atoms with Crippen molar-refractivity contribution in [3.8, 4) is 28.5 Å². The molecular formula is C25H26Cl2N4O4. The van der Waals surface area contributed by atoms with Gasteiger partial charge in [-0.3, -0.25) is 14.4 Å². The summed E-state index contributed by atoms with van der Waals surface area (Å²) in [5, 5.41) is 15.7. The lowest BCUT2D eigenvalue weighted by Gasteiger charge is -2.34. The number of amides is 1. The summed E-state index contributed by atoms with van der Waals surface area (Å²) in [6, 6.07) is 10.2. The van der Waals surface area contributed by atoms with Crippen LogP contribution in [0.1, 0.15) is 29.2 Å². The Bertz CT molecular complexity index is 1250. The molecule has 0 radical (unpaired) electrons. The Hall–Kier alpha value is -3.04.